The van der Waals surface area contributed by atoms with Gasteiger partial charge in [-0.1, -0.05) is 12.1 Å². The van der Waals surface area contributed by atoms with Crippen LogP contribution >= 0.6 is 0 Å². The lowest BCUT2D eigenvalue weighted by atomic mass is 10.1. The van der Waals surface area contributed by atoms with E-state index in [1.807, 2.05) is 0 Å². The summed E-state index contributed by atoms with van der Waals surface area (Å²) in [5.41, 5.74) is 6.84. The summed E-state index contributed by atoms with van der Waals surface area (Å²) < 4.78 is 14.2. The molecule has 3 N–H and O–H groups in total. The lowest BCUT2D eigenvalue weighted by Gasteiger charge is -2.03. The molecule has 0 unspecified atom stereocenters. The highest BCUT2D eigenvalue weighted by molar-refractivity contribution is 5.49. The van der Waals surface area contributed by atoms with Crippen molar-refractivity contribution < 1.29 is 7.85 Å². The van der Waals surface area contributed by atoms with Gasteiger partial charge in [-0.15, -0.1) is 0 Å². The molecule has 0 aliphatic carbocycles. The van der Waals surface area contributed by atoms with Gasteiger partial charge in [0.1, 0.15) is 0 Å². The van der Waals surface area contributed by atoms with Crippen LogP contribution in [0.1, 0.15) is 13.9 Å². The van der Waals surface area contributed by atoms with E-state index in [4.69, 9.17) is 13.6 Å². The molecule has 0 bridgehead atoms. The van der Waals surface area contributed by atoms with Crippen LogP contribution in [0.2, 0.25) is 0 Å². The molecule has 0 saturated carbocycles. The van der Waals surface area contributed by atoms with Gasteiger partial charge in [-0.2, -0.15) is 0 Å². The number of benzene rings is 1. The van der Waals surface area contributed by atoms with Crippen LogP contribution in [0.3, 0.4) is 0 Å². The third-order valence-corrected chi connectivity index (χ3v) is 1.50. The fraction of sp³-hybridized carbons (Fsp3) is 0.250. The summed E-state index contributed by atoms with van der Waals surface area (Å²) >= 11 is 0. The molecule has 1 rings (SSSR count). The van der Waals surface area contributed by atoms with E-state index in [-0.39, 0.29) is 5.56 Å². The maximum atomic E-state index is 9.07. The molecule has 54 valence electrons. The first kappa shape index (κ1) is 4.74. The van der Waals surface area contributed by atoms with Crippen LogP contribution < -0.4 is 5.73 Å². The van der Waals surface area contributed by atoms with Crippen LogP contribution in [0.25, 0.3) is 0 Å². The van der Waals surface area contributed by atoms with E-state index in [0.717, 1.165) is 0 Å². The molecule has 0 saturated heterocycles. The van der Waals surface area contributed by atoms with Crippen molar-refractivity contribution in [1.82, 2.24) is 0 Å². The zero-order chi connectivity index (χ0) is 9.35. The Bertz CT molecular complexity index is 294. The number of anilines is 1. The molecule has 1 aromatic rings. The highest BCUT2D eigenvalue weighted by Crippen LogP contribution is 2.14. The van der Waals surface area contributed by atoms with Crippen LogP contribution in [0.4, 0.5) is 5.69 Å². The molecular weight excluding hydrogens is 126 g/mol. The summed E-state index contributed by atoms with van der Waals surface area (Å²) in [5, 5.41) is 9.07. The molecule has 0 aromatic heterocycles. The molecule has 0 fully saturated rings. The molecule has 10 heavy (non-hydrogen) atoms. The molecule has 0 spiro atoms. The highest BCUT2D eigenvalue weighted by Gasteiger charge is 1.97. The molecular formula is C8H11NO. The van der Waals surface area contributed by atoms with Crippen LogP contribution in [0, 0.1) is 6.92 Å². The SMILES string of the molecule is [2H]C([2H])(O)c1cccc(N)c1C. The summed E-state index contributed by atoms with van der Waals surface area (Å²) in [4.78, 5) is 0. The lowest BCUT2D eigenvalue weighted by Crippen LogP contribution is -1.94. The first-order valence-electron chi connectivity index (χ1n) is 4.01. The molecule has 2 nitrogen and oxygen atoms in total. The lowest BCUT2D eigenvalue weighted by molar-refractivity contribution is 0.281. The molecule has 0 radical (unpaired) electrons. The Morgan fingerprint density at radius 3 is 2.90 bits per heavy atom. The molecule has 0 atom stereocenters. The average Bonchev–Trinajstić information content (AvgIpc) is 1.92. The zero-order valence-corrected chi connectivity index (χ0v) is 5.76. The van der Waals surface area contributed by atoms with Gasteiger partial charge in [-0.25, -0.2) is 0 Å². The normalized spacial score (nSPS) is 14.2. The second-order valence-electron chi connectivity index (χ2n) is 2.13. The number of nitrogen functional groups attached to an aromatic ring is 1. The van der Waals surface area contributed by atoms with E-state index < -0.39 is 6.56 Å². The number of hydrogen-bond donors (Lipinski definition) is 2. The summed E-state index contributed by atoms with van der Waals surface area (Å²) in [6.45, 7) is -0.627. The fourth-order valence-corrected chi connectivity index (χ4v) is 0.775. The van der Waals surface area contributed by atoms with E-state index in [1.165, 1.54) is 6.07 Å². The van der Waals surface area contributed by atoms with Gasteiger partial charge in [0.2, 0.25) is 0 Å². The van der Waals surface area contributed by atoms with Crippen LogP contribution in [-0.4, -0.2) is 5.11 Å². The molecule has 0 aliphatic heterocycles. The van der Waals surface area contributed by atoms with E-state index >= 15 is 0 Å². The average molecular weight is 139 g/mol. The van der Waals surface area contributed by atoms with Crippen LogP contribution in [-0.2, 0) is 6.56 Å². The van der Waals surface area contributed by atoms with Crippen molar-refractivity contribution in [2.75, 3.05) is 5.73 Å². The van der Waals surface area contributed by atoms with Gasteiger partial charge in [0, 0.05) is 5.69 Å². The minimum atomic E-state index is -2.31. The van der Waals surface area contributed by atoms with Gasteiger partial charge in [-0.3, -0.25) is 0 Å². The van der Waals surface area contributed by atoms with Crippen molar-refractivity contribution in [1.29, 1.82) is 0 Å². The summed E-state index contributed by atoms with van der Waals surface area (Å²) in [5.74, 6) is 0. The smallest absolute Gasteiger partial charge is 0.0685 e. The Balaban J connectivity index is 3.26. The van der Waals surface area contributed by atoms with E-state index in [2.05, 4.69) is 0 Å². The number of hydrogen-bond acceptors (Lipinski definition) is 2. The second kappa shape index (κ2) is 2.71. The summed E-state index contributed by atoms with van der Waals surface area (Å²) in [6, 6.07) is 4.81. The van der Waals surface area contributed by atoms with Gasteiger partial charge in [0.15, 0.2) is 0 Å². The van der Waals surface area contributed by atoms with Gasteiger partial charge in [-0.05, 0) is 24.1 Å². The molecule has 2 heteroatoms. The largest absolute Gasteiger partial charge is 0.399 e. The van der Waals surface area contributed by atoms with Crippen molar-refractivity contribution in [3.8, 4) is 0 Å². The Labute approximate surface area is 63.1 Å². The Hall–Kier alpha value is -1.02. The number of aliphatic hydroxyl groups is 1. The van der Waals surface area contributed by atoms with Crippen molar-refractivity contribution in [3.63, 3.8) is 0 Å². The molecule has 0 heterocycles. The van der Waals surface area contributed by atoms with E-state index in [9.17, 15) is 0 Å². The maximum Gasteiger partial charge on any atom is 0.0685 e. The van der Waals surface area contributed by atoms with Gasteiger partial charge >= 0.3 is 0 Å². The fourth-order valence-electron chi connectivity index (χ4n) is 0.775. The first-order valence-corrected chi connectivity index (χ1v) is 3.01. The first-order chi connectivity index (χ1) is 5.43. The monoisotopic (exact) mass is 139 g/mol. The van der Waals surface area contributed by atoms with Gasteiger partial charge < -0.3 is 10.8 Å². The summed E-state index contributed by atoms with van der Waals surface area (Å²) in [7, 11) is 0. The van der Waals surface area contributed by atoms with Crippen molar-refractivity contribution in [3.05, 3.63) is 29.3 Å². The standard InChI is InChI=1S/C8H11NO/c1-6-7(5-10)3-2-4-8(6)9/h2-4,10H,5,9H2,1H3/i5D2. The third-order valence-electron chi connectivity index (χ3n) is 1.50. The zero-order valence-electron chi connectivity index (χ0n) is 7.76. The van der Waals surface area contributed by atoms with Crippen molar-refractivity contribution in [2.45, 2.75) is 13.5 Å². The van der Waals surface area contributed by atoms with E-state index in [1.54, 1.807) is 19.1 Å². The summed E-state index contributed by atoms with van der Waals surface area (Å²) in [6.07, 6.45) is 0. The Morgan fingerprint density at radius 2 is 2.40 bits per heavy atom. The third kappa shape index (κ3) is 1.11. The van der Waals surface area contributed by atoms with Crippen LogP contribution in [0.5, 0.6) is 0 Å². The predicted octanol–water partition coefficient (Wildman–Crippen LogP) is 1.07. The van der Waals surface area contributed by atoms with Gasteiger partial charge in [0.25, 0.3) is 0 Å². The Kier molecular flexibility index (Phi) is 1.28. The molecule has 0 aliphatic rings. The van der Waals surface area contributed by atoms with Crippen molar-refractivity contribution >= 4 is 5.69 Å². The quantitative estimate of drug-likeness (QED) is 0.572. The highest BCUT2D eigenvalue weighted by atomic mass is 16.3. The predicted molar refractivity (Wildman–Crippen MR) is 41.5 cm³/mol. The maximum absolute atomic E-state index is 9.07. The van der Waals surface area contributed by atoms with E-state index in [0.29, 0.717) is 11.3 Å². The second-order valence-corrected chi connectivity index (χ2v) is 2.13. The van der Waals surface area contributed by atoms with Crippen molar-refractivity contribution in [2.24, 2.45) is 0 Å². The number of nitrogens with two attached hydrogens (primary N) is 1. The Morgan fingerprint density at radius 1 is 1.70 bits per heavy atom. The van der Waals surface area contributed by atoms with Gasteiger partial charge in [0.05, 0.1) is 9.30 Å². The number of rotatable bonds is 1. The topological polar surface area (TPSA) is 46.2 Å². The minimum absolute atomic E-state index is 0.225. The molecule has 1 aromatic carbocycles. The van der Waals surface area contributed by atoms with Crippen LogP contribution in [0.15, 0.2) is 18.2 Å². The molecule has 0 amide bonds. The minimum Gasteiger partial charge on any atom is -0.399 e.